The number of aryl methyl sites for hydroxylation is 1. The fourth-order valence-corrected chi connectivity index (χ4v) is 1.93. The molecule has 2 rings (SSSR count). The van der Waals surface area contributed by atoms with E-state index in [-0.39, 0.29) is 11.3 Å². The van der Waals surface area contributed by atoms with Crippen LogP contribution >= 0.6 is 0 Å². The number of nitrogens with zero attached hydrogens (tertiary/aromatic N) is 1. The Bertz CT molecular complexity index is 687. The number of primary amides is 1. The maximum atomic E-state index is 12.4. The molecule has 0 atom stereocenters. The van der Waals surface area contributed by atoms with E-state index in [1.807, 2.05) is 31.2 Å². The van der Waals surface area contributed by atoms with Gasteiger partial charge in [0.15, 0.2) is 0 Å². The summed E-state index contributed by atoms with van der Waals surface area (Å²) in [5.74, 6) is -0.576. The van der Waals surface area contributed by atoms with Crippen LogP contribution in [0.5, 0.6) is 5.75 Å². The van der Waals surface area contributed by atoms with Gasteiger partial charge in [0.25, 0.3) is 11.5 Å². The maximum Gasteiger partial charge on any atom is 0.271 e. The van der Waals surface area contributed by atoms with Crippen molar-refractivity contribution in [3.8, 4) is 11.4 Å². The predicted molar refractivity (Wildman–Crippen MR) is 76.5 cm³/mol. The average molecular weight is 272 g/mol. The van der Waals surface area contributed by atoms with Crippen molar-refractivity contribution in [2.45, 2.75) is 13.8 Å². The molecule has 0 fully saturated rings. The highest BCUT2D eigenvalue weighted by Crippen LogP contribution is 2.16. The Morgan fingerprint density at radius 2 is 1.90 bits per heavy atom. The lowest BCUT2D eigenvalue weighted by Crippen LogP contribution is -2.29. The first-order valence-electron chi connectivity index (χ1n) is 6.30. The van der Waals surface area contributed by atoms with Gasteiger partial charge in [-0.25, -0.2) is 0 Å². The molecule has 0 aliphatic heterocycles. The summed E-state index contributed by atoms with van der Waals surface area (Å²) in [6, 6.07) is 8.97. The van der Waals surface area contributed by atoms with Crippen molar-refractivity contribution in [3.05, 3.63) is 58.0 Å². The summed E-state index contributed by atoms with van der Waals surface area (Å²) in [5.41, 5.74) is 6.43. The minimum Gasteiger partial charge on any atom is -0.493 e. The molecule has 1 heterocycles. The number of hydrogen-bond acceptors (Lipinski definition) is 3. The van der Waals surface area contributed by atoms with Crippen LogP contribution in [0, 0.1) is 6.92 Å². The first-order valence-corrected chi connectivity index (χ1v) is 6.30. The molecule has 1 aromatic heterocycles. The minimum atomic E-state index is -0.792. The molecule has 5 heteroatoms. The molecule has 0 saturated carbocycles. The van der Waals surface area contributed by atoms with Crippen molar-refractivity contribution < 1.29 is 9.53 Å². The second-order valence-corrected chi connectivity index (χ2v) is 4.36. The summed E-state index contributed by atoms with van der Waals surface area (Å²) in [6.07, 6.45) is 1.57. The number of ether oxygens (including phenoxy) is 1. The van der Waals surface area contributed by atoms with E-state index < -0.39 is 11.5 Å². The number of hydrogen-bond donors (Lipinski definition) is 1. The van der Waals surface area contributed by atoms with Gasteiger partial charge >= 0.3 is 0 Å². The molecule has 0 saturated heterocycles. The normalized spacial score (nSPS) is 10.3. The number of rotatable bonds is 4. The summed E-state index contributed by atoms with van der Waals surface area (Å²) in [6.45, 7) is 4.09. The number of amides is 1. The van der Waals surface area contributed by atoms with Gasteiger partial charge in [0.1, 0.15) is 11.3 Å². The van der Waals surface area contributed by atoms with E-state index in [1.54, 1.807) is 19.2 Å². The van der Waals surface area contributed by atoms with Crippen LogP contribution in [0.3, 0.4) is 0 Å². The molecular weight excluding hydrogens is 256 g/mol. The molecule has 0 spiro atoms. The topological polar surface area (TPSA) is 74.3 Å². The zero-order valence-electron chi connectivity index (χ0n) is 11.4. The first kappa shape index (κ1) is 13.9. The van der Waals surface area contributed by atoms with Crippen LogP contribution < -0.4 is 16.0 Å². The second kappa shape index (κ2) is 5.61. The van der Waals surface area contributed by atoms with Gasteiger partial charge in [0.05, 0.1) is 6.61 Å². The van der Waals surface area contributed by atoms with Crippen LogP contribution in [-0.2, 0) is 0 Å². The molecule has 1 amide bonds. The number of aromatic nitrogens is 1. The lowest BCUT2D eigenvalue weighted by atomic mass is 10.2. The van der Waals surface area contributed by atoms with Gasteiger partial charge in [-0.15, -0.1) is 0 Å². The average Bonchev–Trinajstić information content (AvgIpc) is 2.40. The van der Waals surface area contributed by atoms with Crippen LogP contribution in [0.4, 0.5) is 0 Å². The van der Waals surface area contributed by atoms with Crippen molar-refractivity contribution in [3.63, 3.8) is 0 Å². The summed E-state index contributed by atoms with van der Waals surface area (Å²) in [5, 5.41) is 0. The zero-order chi connectivity index (χ0) is 14.7. The molecular formula is C15H16N2O3. The Morgan fingerprint density at radius 1 is 1.25 bits per heavy atom. The van der Waals surface area contributed by atoms with Gasteiger partial charge in [-0.1, -0.05) is 17.7 Å². The SMILES string of the molecule is CCOc1ccn(-c2ccc(C)cc2)c(=O)c1C(N)=O. The highest BCUT2D eigenvalue weighted by atomic mass is 16.5. The zero-order valence-corrected chi connectivity index (χ0v) is 11.4. The van der Waals surface area contributed by atoms with Crippen molar-refractivity contribution in [2.24, 2.45) is 5.73 Å². The highest BCUT2D eigenvalue weighted by Gasteiger charge is 2.17. The van der Waals surface area contributed by atoms with Crippen LogP contribution in [0.2, 0.25) is 0 Å². The van der Waals surface area contributed by atoms with Crippen molar-refractivity contribution in [2.75, 3.05) is 6.61 Å². The first-order chi connectivity index (χ1) is 9.54. The van der Waals surface area contributed by atoms with Gasteiger partial charge in [-0.05, 0) is 32.0 Å². The largest absolute Gasteiger partial charge is 0.493 e. The maximum absolute atomic E-state index is 12.4. The van der Waals surface area contributed by atoms with Crippen LogP contribution in [0.25, 0.3) is 5.69 Å². The molecule has 2 N–H and O–H groups in total. The van der Waals surface area contributed by atoms with Crippen LogP contribution in [-0.4, -0.2) is 17.1 Å². The summed E-state index contributed by atoms with van der Waals surface area (Å²) < 4.78 is 6.65. The molecule has 0 aliphatic carbocycles. The number of pyridine rings is 1. The van der Waals surface area contributed by atoms with Crippen molar-refractivity contribution in [1.82, 2.24) is 4.57 Å². The molecule has 2 aromatic rings. The van der Waals surface area contributed by atoms with Gasteiger partial charge in [0.2, 0.25) is 0 Å². The summed E-state index contributed by atoms with van der Waals surface area (Å²) in [4.78, 5) is 23.9. The Morgan fingerprint density at radius 3 is 2.45 bits per heavy atom. The van der Waals surface area contributed by atoms with E-state index in [0.29, 0.717) is 12.3 Å². The van der Waals surface area contributed by atoms with Crippen molar-refractivity contribution in [1.29, 1.82) is 0 Å². The predicted octanol–water partition coefficient (Wildman–Crippen LogP) is 1.64. The Labute approximate surface area is 116 Å². The highest BCUT2D eigenvalue weighted by molar-refractivity contribution is 5.95. The molecule has 0 unspecified atom stereocenters. The quantitative estimate of drug-likeness (QED) is 0.919. The summed E-state index contributed by atoms with van der Waals surface area (Å²) in [7, 11) is 0. The van der Waals surface area contributed by atoms with Gasteiger partial charge in [-0.2, -0.15) is 0 Å². The molecule has 20 heavy (non-hydrogen) atoms. The molecule has 0 aliphatic rings. The molecule has 104 valence electrons. The van der Waals surface area contributed by atoms with E-state index in [4.69, 9.17) is 10.5 Å². The third kappa shape index (κ3) is 2.56. The Kier molecular flexibility index (Phi) is 3.89. The van der Waals surface area contributed by atoms with E-state index in [2.05, 4.69) is 0 Å². The minimum absolute atomic E-state index is 0.130. The molecule has 5 nitrogen and oxygen atoms in total. The van der Waals surface area contributed by atoms with Gasteiger partial charge in [0, 0.05) is 11.9 Å². The molecule has 1 aromatic carbocycles. The lowest BCUT2D eigenvalue weighted by Gasteiger charge is -2.11. The lowest BCUT2D eigenvalue weighted by molar-refractivity contribution is 0.0994. The van der Waals surface area contributed by atoms with E-state index >= 15 is 0 Å². The third-order valence-corrected chi connectivity index (χ3v) is 2.91. The number of carbonyl (C=O) groups excluding carboxylic acids is 1. The van der Waals surface area contributed by atoms with E-state index in [0.717, 1.165) is 5.56 Å². The van der Waals surface area contributed by atoms with E-state index in [9.17, 15) is 9.59 Å². The van der Waals surface area contributed by atoms with Gasteiger partial charge < -0.3 is 10.5 Å². The second-order valence-electron chi connectivity index (χ2n) is 4.36. The van der Waals surface area contributed by atoms with Crippen molar-refractivity contribution >= 4 is 5.91 Å². The fraction of sp³-hybridized carbons (Fsp3) is 0.200. The van der Waals surface area contributed by atoms with Crippen LogP contribution in [0.1, 0.15) is 22.8 Å². The number of benzene rings is 1. The fourth-order valence-electron chi connectivity index (χ4n) is 1.93. The molecule has 0 bridgehead atoms. The smallest absolute Gasteiger partial charge is 0.271 e. The number of nitrogens with two attached hydrogens (primary N) is 1. The summed E-state index contributed by atoms with van der Waals surface area (Å²) >= 11 is 0. The molecule has 0 radical (unpaired) electrons. The van der Waals surface area contributed by atoms with E-state index in [1.165, 1.54) is 4.57 Å². The standard InChI is InChI=1S/C15H16N2O3/c1-3-20-12-8-9-17(15(19)13(12)14(16)18)11-6-4-10(2)5-7-11/h4-9H,3H2,1-2H3,(H2,16,18). The third-order valence-electron chi connectivity index (χ3n) is 2.91. The Hall–Kier alpha value is -2.56. The monoisotopic (exact) mass is 272 g/mol. The van der Waals surface area contributed by atoms with Gasteiger partial charge in [-0.3, -0.25) is 14.2 Å². The number of carbonyl (C=O) groups is 1. The Balaban J connectivity index is 2.62. The van der Waals surface area contributed by atoms with Crippen LogP contribution in [0.15, 0.2) is 41.3 Å².